The van der Waals surface area contributed by atoms with E-state index in [0.717, 1.165) is 89.9 Å². The van der Waals surface area contributed by atoms with Gasteiger partial charge >= 0.3 is 19.8 Å². The van der Waals surface area contributed by atoms with Gasteiger partial charge in [-0.05, 0) is 64.2 Å². The third-order valence-corrected chi connectivity index (χ3v) is 7.49. The van der Waals surface area contributed by atoms with Gasteiger partial charge < -0.3 is 19.3 Å². The summed E-state index contributed by atoms with van der Waals surface area (Å²) >= 11 is 0. The second-order valence-electron chi connectivity index (χ2n) is 11.5. The molecule has 0 heterocycles. The molecule has 2 N–H and O–H groups in total. The Morgan fingerprint density at radius 2 is 1.04 bits per heavy atom. The van der Waals surface area contributed by atoms with Gasteiger partial charge in [0.25, 0.3) is 0 Å². The maximum Gasteiger partial charge on any atom is 0.469 e. The Morgan fingerprint density at radius 1 is 0.562 bits per heavy atom. The molecule has 0 aromatic carbocycles. The largest absolute Gasteiger partial charge is 0.469 e. The molecule has 0 aliphatic heterocycles. The highest BCUT2D eigenvalue weighted by Crippen LogP contribution is 2.35. The zero-order valence-electron chi connectivity index (χ0n) is 29.6. The normalized spacial score (nSPS) is 13.5. The molecule has 0 aliphatic carbocycles. The fraction of sp³-hybridized carbons (Fsp3) is 0.590. The molecular weight excluding hydrogens is 627 g/mol. The van der Waals surface area contributed by atoms with Crippen molar-refractivity contribution in [1.82, 2.24) is 0 Å². The van der Waals surface area contributed by atoms with Crippen molar-refractivity contribution in [3.63, 3.8) is 0 Å². The number of esters is 2. The molecule has 0 unspecified atom stereocenters. The van der Waals surface area contributed by atoms with Crippen molar-refractivity contribution < 1.29 is 37.9 Å². The summed E-state index contributed by atoms with van der Waals surface area (Å²) in [7, 11) is -4.77. The molecule has 0 aliphatic rings. The fourth-order valence-corrected chi connectivity index (χ4v) is 4.76. The highest BCUT2D eigenvalue weighted by Gasteiger charge is 2.22. The molecule has 0 rings (SSSR count). The zero-order chi connectivity index (χ0) is 35.4. The van der Waals surface area contributed by atoms with Crippen LogP contribution < -0.4 is 0 Å². The smallest absolute Gasteiger partial charge is 0.462 e. The number of unbranched alkanes of at least 4 members (excludes halogenated alkanes) is 10. The Bertz CT molecular complexity index is 1050. The minimum Gasteiger partial charge on any atom is -0.462 e. The van der Waals surface area contributed by atoms with E-state index in [1.54, 1.807) is 0 Å². The van der Waals surface area contributed by atoms with E-state index in [1.807, 2.05) is 36.5 Å². The van der Waals surface area contributed by atoms with Gasteiger partial charge in [-0.2, -0.15) is 0 Å². The third kappa shape index (κ3) is 36.1. The van der Waals surface area contributed by atoms with Crippen LogP contribution in [0.25, 0.3) is 0 Å². The first-order valence-corrected chi connectivity index (χ1v) is 19.5. The first-order chi connectivity index (χ1) is 23.3. The lowest BCUT2D eigenvalue weighted by molar-refractivity contribution is -0.161. The molecule has 0 saturated heterocycles. The van der Waals surface area contributed by atoms with Crippen molar-refractivity contribution in [2.75, 3.05) is 13.2 Å². The molecule has 272 valence electrons. The van der Waals surface area contributed by atoms with Gasteiger partial charge in [0.1, 0.15) is 6.61 Å². The Balaban J connectivity index is 4.09. The Morgan fingerprint density at radius 3 is 1.65 bits per heavy atom. The first kappa shape index (κ1) is 45.2. The van der Waals surface area contributed by atoms with Crippen LogP contribution in [0, 0.1) is 0 Å². The number of phosphoric ester groups is 1. The van der Waals surface area contributed by atoms with Crippen LogP contribution >= 0.6 is 7.82 Å². The number of hydrogen-bond donors (Lipinski definition) is 2. The number of phosphoric acid groups is 1. The molecule has 8 nitrogen and oxygen atoms in total. The Labute approximate surface area is 291 Å². The van der Waals surface area contributed by atoms with Crippen LogP contribution in [0.15, 0.2) is 85.1 Å². The van der Waals surface area contributed by atoms with Gasteiger partial charge in [-0.25, -0.2) is 4.57 Å². The van der Waals surface area contributed by atoms with E-state index in [4.69, 9.17) is 19.3 Å². The molecular formula is C39H63O8P. The summed E-state index contributed by atoms with van der Waals surface area (Å²) in [4.78, 5) is 42.7. The number of carbonyl (C=O) groups excluding carboxylic acids is 2. The monoisotopic (exact) mass is 690 g/mol. The van der Waals surface area contributed by atoms with Gasteiger partial charge in [-0.3, -0.25) is 14.1 Å². The fourth-order valence-electron chi connectivity index (χ4n) is 4.40. The number of carbonyl (C=O) groups is 2. The van der Waals surface area contributed by atoms with E-state index in [2.05, 4.69) is 67.0 Å². The molecule has 1 atom stereocenters. The lowest BCUT2D eigenvalue weighted by atomic mass is 10.1. The number of allylic oxidation sites excluding steroid dienone is 14. The van der Waals surface area contributed by atoms with Crippen molar-refractivity contribution >= 4 is 19.8 Å². The molecule has 0 spiro atoms. The summed E-state index contributed by atoms with van der Waals surface area (Å²) in [6.45, 7) is 3.37. The predicted molar refractivity (Wildman–Crippen MR) is 197 cm³/mol. The predicted octanol–water partition coefficient (Wildman–Crippen LogP) is 10.5. The van der Waals surface area contributed by atoms with Crippen LogP contribution in [-0.2, 0) is 28.2 Å². The highest BCUT2D eigenvalue weighted by atomic mass is 31.2. The lowest BCUT2D eigenvalue weighted by Gasteiger charge is -2.18. The standard InChI is InChI=1S/C39H63O8P/c1-3-5-7-9-11-13-15-17-19-21-23-25-27-29-31-33-38(40)45-35-37(36-46-48(42,43)44)47-39(41)34-32-30-28-26-24-22-20-18-16-14-12-10-8-6-4-2/h5-8,10-14,16-20,37H,3-4,9,15,21-36H2,1-2H3,(H2,42,43,44)/b7-5+,8-6+,12-10+,13-11+,16-14+,19-17+,20-18+/t37-/m1/s1. The molecule has 0 aromatic heterocycles. The van der Waals surface area contributed by atoms with Crippen LogP contribution in [0.1, 0.15) is 129 Å². The van der Waals surface area contributed by atoms with E-state index in [9.17, 15) is 14.2 Å². The lowest BCUT2D eigenvalue weighted by Crippen LogP contribution is -2.29. The Hall–Kier alpha value is -2.77. The average Bonchev–Trinajstić information content (AvgIpc) is 3.05. The topological polar surface area (TPSA) is 119 Å². The molecule has 0 aromatic rings. The first-order valence-electron chi connectivity index (χ1n) is 17.9. The summed E-state index contributed by atoms with van der Waals surface area (Å²) < 4.78 is 26.2. The maximum absolute atomic E-state index is 12.3. The SMILES string of the molecule is CC/C=C/C=C/C=C/C=C/CCCCCCCC(=O)O[C@H](COC(=O)CCCCCCC/C=C/C/C=C/C/C=C/CC)COP(=O)(O)O. The third-order valence-electron chi connectivity index (χ3n) is 7.00. The van der Waals surface area contributed by atoms with Crippen molar-refractivity contribution in [2.24, 2.45) is 0 Å². The van der Waals surface area contributed by atoms with Crippen LogP contribution in [0.2, 0.25) is 0 Å². The molecule has 0 radical (unpaired) electrons. The number of hydrogen-bond acceptors (Lipinski definition) is 6. The molecule has 0 amide bonds. The van der Waals surface area contributed by atoms with Gasteiger partial charge in [0.15, 0.2) is 6.10 Å². The van der Waals surface area contributed by atoms with Crippen LogP contribution in [0.5, 0.6) is 0 Å². The minimum atomic E-state index is -4.77. The van der Waals surface area contributed by atoms with Crippen molar-refractivity contribution in [3.05, 3.63) is 85.1 Å². The molecule has 0 bridgehead atoms. The summed E-state index contributed by atoms with van der Waals surface area (Å²) in [5, 5.41) is 0. The van der Waals surface area contributed by atoms with Crippen LogP contribution in [0.4, 0.5) is 0 Å². The highest BCUT2D eigenvalue weighted by molar-refractivity contribution is 7.46. The van der Waals surface area contributed by atoms with E-state index >= 15 is 0 Å². The minimum absolute atomic E-state index is 0.176. The quantitative estimate of drug-likeness (QED) is 0.0242. The number of ether oxygens (including phenoxy) is 2. The van der Waals surface area contributed by atoms with Gasteiger partial charge in [-0.1, -0.05) is 137 Å². The molecule has 0 saturated carbocycles. The molecule has 48 heavy (non-hydrogen) atoms. The van der Waals surface area contributed by atoms with E-state index in [1.165, 1.54) is 0 Å². The van der Waals surface area contributed by atoms with Gasteiger partial charge in [-0.15, -0.1) is 0 Å². The van der Waals surface area contributed by atoms with Crippen molar-refractivity contribution in [2.45, 2.75) is 136 Å². The van der Waals surface area contributed by atoms with E-state index in [0.29, 0.717) is 12.8 Å². The van der Waals surface area contributed by atoms with Crippen molar-refractivity contribution in [1.29, 1.82) is 0 Å². The van der Waals surface area contributed by atoms with Crippen LogP contribution in [0.3, 0.4) is 0 Å². The van der Waals surface area contributed by atoms with E-state index < -0.39 is 32.5 Å². The van der Waals surface area contributed by atoms with E-state index in [-0.39, 0.29) is 19.4 Å². The summed E-state index contributed by atoms with van der Waals surface area (Å²) in [6, 6.07) is 0. The summed E-state index contributed by atoms with van der Waals surface area (Å²) in [6.07, 6.45) is 44.4. The van der Waals surface area contributed by atoms with Gasteiger partial charge in [0.2, 0.25) is 0 Å². The second kappa shape index (κ2) is 34.1. The average molecular weight is 691 g/mol. The summed E-state index contributed by atoms with van der Waals surface area (Å²) in [5.74, 6) is -0.943. The van der Waals surface area contributed by atoms with Crippen LogP contribution in [-0.4, -0.2) is 41.0 Å². The zero-order valence-corrected chi connectivity index (χ0v) is 30.5. The summed E-state index contributed by atoms with van der Waals surface area (Å²) in [5.41, 5.74) is 0. The van der Waals surface area contributed by atoms with Gasteiger partial charge in [0, 0.05) is 12.8 Å². The Kier molecular flexibility index (Phi) is 32.1. The van der Waals surface area contributed by atoms with Gasteiger partial charge in [0.05, 0.1) is 6.61 Å². The second-order valence-corrected chi connectivity index (χ2v) is 12.8. The maximum atomic E-state index is 12.3. The number of rotatable bonds is 31. The van der Waals surface area contributed by atoms with Crippen molar-refractivity contribution in [3.8, 4) is 0 Å². The molecule has 9 heteroatoms. The molecule has 0 fully saturated rings.